The fourth-order valence-electron chi connectivity index (χ4n) is 2.79. The van der Waals surface area contributed by atoms with Gasteiger partial charge in [-0.15, -0.1) is 0 Å². The zero-order valence-electron chi connectivity index (χ0n) is 13.0. The van der Waals surface area contributed by atoms with Crippen molar-refractivity contribution < 1.29 is 4.39 Å². The van der Waals surface area contributed by atoms with Crippen LogP contribution in [0.2, 0.25) is 0 Å². The highest BCUT2D eigenvalue weighted by molar-refractivity contribution is 5.76. The molecule has 1 N–H and O–H groups in total. The summed E-state index contributed by atoms with van der Waals surface area (Å²) in [5.74, 6) is 0.517. The fourth-order valence-corrected chi connectivity index (χ4v) is 2.79. The first kappa shape index (κ1) is 14.5. The molecule has 0 atom stereocenters. The molecule has 0 aliphatic rings. The summed E-state index contributed by atoms with van der Waals surface area (Å²) in [7, 11) is 0. The summed E-state index contributed by atoms with van der Waals surface area (Å²) in [6, 6.07) is 22.6. The summed E-state index contributed by atoms with van der Waals surface area (Å²) in [6.07, 6.45) is 1.93. The predicted octanol–water partition coefficient (Wildman–Crippen LogP) is 4.75. The predicted molar refractivity (Wildman–Crippen MR) is 94.4 cm³/mol. The van der Waals surface area contributed by atoms with E-state index in [-0.39, 0.29) is 5.82 Å². The molecule has 0 unspecified atom stereocenters. The zero-order valence-corrected chi connectivity index (χ0v) is 13.0. The lowest BCUT2D eigenvalue weighted by Crippen LogP contribution is -2.03. The van der Waals surface area contributed by atoms with Crippen LogP contribution in [0.4, 0.5) is 10.2 Å². The average molecular weight is 317 g/mol. The van der Waals surface area contributed by atoms with Gasteiger partial charge in [0.25, 0.3) is 0 Å². The molecule has 0 aliphatic heterocycles. The minimum atomic E-state index is -0.274. The number of halogens is 1. The van der Waals surface area contributed by atoms with E-state index < -0.39 is 0 Å². The standard InChI is InChI=1S/C20H16FN3/c21-17-11-5-4-10-16(17)19-20(22-14-15-8-2-1-3-9-15)24-13-7-6-12-18(24)23-19/h1-13,22H,14H2. The molecule has 0 saturated carbocycles. The minimum Gasteiger partial charge on any atom is -0.365 e. The van der Waals surface area contributed by atoms with Gasteiger partial charge in [0, 0.05) is 18.3 Å². The van der Waals surface area contributed by atoms with Gasteiger partial charge in [-0.3, -0.25) is 4.40 Å². The molecule has 0 saturated heterocycles. The van der Waals surface area contributed by atoms with Gasteiger partial charge in [0.05, 0.1) is 0 Å². The Morgan fingerprint density at radius 1 is 0.875 bits per heavy atom. The number of fused-ring (bicyclic) bond motifs is 1. The van der Waals surface area contributed by atoms with Crippen LogP contribution in [0.15, 0.2) is 79.0 Å². The molecule has 4 aromatic rings. The maximum atomic E-state index is 14.3. The van der Waals surface area contributed by atoms with Crippen molar-refractivity contribution in [1.82, 2.24) is 9.38 Å². The second-order valence-electron chi connectivity index (χ2n) is 5.56. The molecule has 0 fully saturated rings. The van der Waals surface area contributed by atoms with Crippen LogP contribution in [0.1, 0.15) is 5.56 Å². The van der Waals surface area contributed by atoms with Crippen LogP contribution in [-0.4, -0.2) is 9.38 Å². The third-order valence-corrected chi connectivity index (χ3v) is 3.96. The highest BCUT2D eigenvalue weighted by Crippen LogP contribution is 2.30. The smallest absolute Gasteiger partial charge is 0.139 e. The van der Waals surface area contributed by atoms with E-state index in [1.54, 1.807) is 12.1 Å². The van der Waals surface area contributed by atoms with Gasteiger partial charge in [-0.05, 0) is 29.8 Å². The topological polar surface area (TPSA) is 29.3 Å². The van der Waals surface area contributed by atoms with Crippen molar-refractivity contribution in [1.29, 1.82) is 0 Å². The van der Waals surface area contributed by atoms with Crippen LogP contribution in [0.25, 0.3) is 16.9 Å². The molecule has 24 heavy (non-hydrogen) atoms. The Hall–Kier alpha value is -3.14. The summed E-state index contributed by atoms with van der Waals surface area (Å²) in [5.41, 5.74) is 3.06. The Balaban J connectivity index is 1.80. The summed E-state index contributed by atoms with van der Waals surface area (Å²) >= 11 is 0. The fraction of sp³-hybridized carbons (Fsp3) is 0.0500. The Morgan fingerprint density at radius 3 is 2.46 bits per heavy atom. The van der Waals surface area contributed by atoms with E-state index in [0.29, 0.717) is 17.8 Å². The van der Waals surface area contributed by atoms with Crippen LogP contribution in [0.5, 0.6) is 0 Å². The average Bonchev–Trinajstić information content (AvgIpc) is 2.99. The molecule has 2 aromatic heterocycles. The van der Waals surface area contributed by atoms with E-state index >= 15 is 0 Å². The quantitative estimate of drug-likeness (QED) is 0.588. The molecule has 0 amide bonds. The van der Waals surface area contributed by atoms with Crippen LogP contribution in [0, 0.1) is 5.82 Å². The van der Waals surface area contributed by atoms with E-state index in [1.807, 2.05) is 53.1 Å². The van der Waals surface area contributed by atoms with Crippen molar-refractivity contribution in [3.05, 3.63) is 90.4 Å². The monoisotopic (exact) mass is 317 g/mol. The SMILES string of the molecule is Fc1ccccc1-c1nc2ccccn2c1NCc1ccccc1. The summed E-state index contributed by atoms with van der Waals surface area (Å²) in [4.78, 5) is 4.62. The van der Waals surface area contributed by atoms with Crippen LogP contribution in [0.3, 0.4) is 0 Å². The number of nitrogens with one attached hydrogen (secondary N) is 1. The lowest BCUT2D eigenvalue weighted by atomic mass is 10.1. The number of benzene rings is 2. The molecule has 4 rings (SSSR count). The van der Waals surface area contributed by atoms with Crippen LogP contribution >= 0.6 is 0 Å². The van der Waals surface area contributed by atoms with Crippen molar-refractivity contribution in [2.24, 2.45) is 0 Å². The first-order valence-electron chi connectivity index (χ1n) is 7.83. The Bertz CT molecular complexity index is 977. The van der Waals surface area contributed by atoms with Crippen molar-refractivity contribution in [2.45, 2.75) is 6.54 Å². The molecule has 3 nitrogen and oxygen atoms in total. The van der Waals surface area contributed by atoms with Crippen molar-refractivity contribution in [3.63, 3.8) is 0 Å². The first-order valence-corrected chi connectivity index (χ1v) is 7.83. The molecule has 2 aromatic carbocycles. The Kier molecular flexibility index (Phi) is 3.71. The maximum Gasteiger partial charge on any atom is 0.139 e. The number of anilines is 1. The normalized spacial score (nSPS) is 10.9. The van der Waals surface area contributed by atoms with E-state index in [4.69, 9.17) is 0 Å². The van der Waals surface area contributed by atoms with E-state index in [1.165, 1.54) is 6.07 Å². The summed E-state index contributed by atoms with van der Waals surface area (Å²) in [6.45, 7) is 0.644. The number of aromatic nitrogens is 2. The Labute approximate surface area is 139 Å². The van der Waals surface area contributed by atoms with E-state index in [0.717, 1.165) is 17.0 Å². The largest absolute Gasteiger partial charge is 0.365 e. The summed E-state index contributed by atoms with van der Waals surface area (Å²) in [5, 5.41) is 3.41. The lowest BCUT2D eigenvalue weighted by Gasteiger charge is -2.09. The molecular formula is C20H16FN3. The first-order chi connectivity index (χ1) is 11.8. The number of hydrogen-bond donors (Lipinski definition) is 1. The highest BCUT2D eigenvalue weighted by Gasteiger charge is 2.16. The lowest BCUT2D eigenvalue weighted by molar-refractivity contribution is 0.631. The third kappa shape index (κ3) is 2.63. The maximum absolute atomic E-state index is 14.3. The van der Waals surface area contributed by atoms with Gasteiger partial charge in [-0.2, -0.15) is 0 Å². The van der Waals surface area contributed by atoms with Crippen molar-refractivity contribution >= 4 is 11.5 Å². The molecule has 0 bridgehead atoms. The number of pyridine rings is 1. The van der Waals surface area contributed by atoms with Gasteiger partial charge >= 0.3 is 0 Å². The van der Waals surface area contributed by atoms with Crippen molar-refractivity contribution in [2.75, 3.05) is 5.32 Å². The zero-order chi connectivity index (χ0) is 16.4. The molecule has 118 valence electrons. The molecule has 0 aliphatic carbocycles. The molecule has 0 spiro atoms. The number of rotatable bonds is 4. The van der Waals surface area contributed by atoms with Crippen molar-refractivity contribution in [3.8, 4) is 11.3 Å². The number of imidazole rings is 1. The van der Waals surface area contributed by atoms with E-state index in [9.17, 15) is 4.39 Å². The van der Waals surface area contributed by atoms with Gasteiger partial charge < -0.3 is 5.32 Å². The molecule has 0 radical (unpaired) electrons. The van der Waals surface area contributed by atoms with Crippen LogP contribution < -0.4 is 5.32 Å². The third-order valence-electron chi connectivity index (χ3n) is 3.96. The highest BCUT2D eigenvalue weighted by atomic mass is 19.1. The minimum absolute atomic E-state index is 0.274. The van der Waals surface area contributed by atoms with Gasteiger partial charge in [0.1, 0.15) is 23.0 Å². The second kappa shape index (κ2) is 6.16. The van der Waals surface area contributed by atoms with Crippen LogP contribution in [-0.2, 0) is 6.54 Å². The van der Waals surface area contributed by atoms with Gasteiger partial charge in [-0.1, -0.05) is 48.5 Å². The van der Waals surface area contributed by atoms with Gasteiger partial charge in [0.15, 0.2) is 0 Å². The number of nitrogens with zero attached hydrogens (tertiary/aromatic N) is 2. The van der Waals surface area contributed by atoms with E-state index in [2.05, 4.69) is 22.4 Å². The molecular weight excluding hydrogens is 301 g/mol. The van der Waals surface area contributed by atoms with Gasteiger partial charge in [0.2, 0.25) is 0 Å². The second-order valence-corrected chi connectivity index (χ2v) is 5.56. The number of hydrogen-bond acceptors (Lipinski definition) is 2. The van der Waals surface area contributed by atoms with Gasteiger partial charge in [-0.25, -0.2) is 9.37 Å². The Morgan fingerprint density at radius 2 is 1.62 bits per heavy atom. The summed E-state index contributed by atoms with van der Waals surface area (Å²) < 4.78 is 16.2. The molecule has 4 heteroatoms. The molecule has 2 heterocycles.